The SMILES string of the molecule is Cc1cc(S(=O)(=O)NOCC(C)C)cc([N+](=O)[O-])c1C. The van der Waals surface area contributed by atoms with Crippen LogP contribution in [0, 0.1) is 29.9 Å². The molecule has 0 heterocycles. The van der Waals surface area contributed by atoms with E-state index in [1.165, 1.54) is 6.07 Å². The lowest BCUT2D eigenvalue weighted by molar-refractivity contribution is -0.385. The Balaban J connectivity index is 3.10. The van der Waals surface area contributed by atoms with Crippen LogP contribution in [0.25, 0.3) is 0 Å². The van der Waals surface area contributed by atoms with Crippen LogP contribution in [0.15, 0.2) is 17.0 Å². The number of nitro benzene ring substituents is 1. The Labute approximate surface area is 118 Å². The van der Waals surface area contributed by atoms with E-state index in [0.717, 1.165) is 6.07 Å². The lowest BCUT2D eigenvalue weighted by Crippen LogP contribution is -2.26. The fourth-order valence-electron chi connectivity index (χ4n) is 1.48. The van der Waals surface area contributed by atoms with E-state index in [4.69, 9.17) is 4.84 Å². The first-order valence-corrected chi connectivity index (χ1v) is 7.52. The van der Waals surface area contributed by atoms with E-state index in [2.05, 4.69) is 0 Å². The quantitative estimate of drug-likeness (QED) is 0.640. The first-order valence-electron chi connectivity index (χ1n) is 6.04. The summed E-state index contributed by atoms with van der Waals surface area (Å²) in [6.07, 6.45) is 0. The second kappa shape index (κ2) is 6.29. The molecule has 112 valence electrons. The van der Waals surface area contributed by atoms with Crippen LogP contribution in [0.4, 0.5) is 5.69 Å². The van der Waals surface area contributed by atoms with Gasteiger partial charge >= 0.3 is 0 Å². The maximum absolute atomic E-state index is 12.0. The van der Waals surface area contributed by atoms with Crippen molar-refractivity contribution in [3.8, 4) is 0 Å². The number of hydrogen-bond acceptors (Lipinski definition) is 5. The Bertz CT molecular complexity index is 611. The first kappa shape index (κ1) is 16.5. The van der Waals surface area contributed by atoms with Crippen LogP contribution < -0.4 is 4.89 Å². The number of aryl methyl sites for hydroxylation is 1. The highest BCUT2D eigenvalue weighted by Gasteiger charge is 2.21. The minimum atomic E-state index is -3.93. The minimum Gasteiger partial charge on any atom is -0.287 e. The van der Waals surface area contributed by atoms with Gasteiger partial charge in [0.25, 0.3) is 15.7 Å². The topological polar surface area (TPSA) is 98.5 Å². The zero-order valence-corrected chi connectivity index (χ0v) is 12.7. The highest BCUT2D eigenvalue weighted by atomic mass is 32.2. The molecule has 0 radical (unpaired) electrons. The van der Waals surface area contributed by atoms with Gasteiger partial charge in [-0.25, -0.2) is 8.42 Å². The third kappa shape index (κ3) is 3.99. The van der Waals surface area contributed by atoms with Gasteiger partial charge in [-0.1, -0.05) is 18.7 Å². The van der Waals surface area contributed by atoms with Crippen molar-refractivity contribution in [2.45, 2.75) is 32.6 Å². The Morgan fingerprint density at radius 3 is 2.45 bits per heavy atom. The van der Waals surface area contributed by atoms with Gasteiger partial charge in [0.1, 0.15) is 0 Å². The van der Waals surface area contributed by atoms with Gasteiger partial charge in [-0.05, 0) is 31.4 Å². The molecule has 8 heteroatoms. The number of hydrogen-bond donors (Lipinski definition) is 1. The second-order valence-electron chi connectivity index (χ2n) is 4.93. The van der Waals surface area contributed by atoms with Crippen molar-refractivity contribution >= 4 is 15.7 Å². The van der Waals surface area contributed by atoms with E-state index < -0.39 is 14.9 Å². The first-order chi connectivity index (χ1) is 9.15. The van der Waals surface area contributed by atoms with E-state index >= 15 is 0 Å². The zero-order valence-electron chi connectivity index (χ0n) is 11.8. The van der Waals surface area contributed by atoms with Gasteiger partial charge in [0.2, 0.25) is 0 Å². The van der Waals surface area contributed by atoms with Gasteiger partial charge < -0.3 is 0 Å². The molecule has 7 nitrogen and oxygen atoms in total. The summed E-state index contributed by atoms with van der Waals surface area (Å²) in [4.78, 5) is 17.0. The molecule has 0 atom stereocenters. The molecule has 20 heavy (non-hydrogen) atoms. The summed E-state index contributed by atoms with van der Waals surface area (Å²) in [6, 6.07) is 2.41. The highest BCUT2D eigenvalue weighted by Crippen LogP contribution is 2.25. The maximum atomic E-state index is 12.0. The summed E-state index contributed by atoms with van der Waals surface area (Å²) in [5.41, 5.74) is 0.745. The van der Waals surface area contributed by atoms with Crippen molar-refractivity contribution in [3.63, 3.8) is 0 Å². The van der Waals surface area contributed by atoms with E-state index in [-0.39, 0.29) is 23.1 Å². The molecule has 0 saturated heterocycles. The number of benzene rings is 1. The molecule has 1 N–H and O–H groups in total. The number of rotatable bonds is 6. The smallest absolute Gasteiger partial charge is 0.273 e. The van der Waals surface area contributed by atoms with Crippen LogP contribution in [0.2, 0.25) is 0 Å². The van der Waals surface area contributed by atoms with Crippen molar-refractivity contribution in [2.24, 2.45) is 5.92 Å². The van der Waals surface area contributed by atoms with Gasteiger partial charge in [-0.2, -0.15) is 0 Å². The molecule has 0 aliphatic carbocycles. The Morgan fingerprint density at radius 1 is 1.35 bits per heavy atom. The van der Waals surface area contributed by atoms with Gasteiger partial charge in [0.15, 0.2) is 0 Å². The third-order valence-corrected chi connectivity index (χ3v) is 3.90. The molecule has 0 saturated carbocycles. The molecular formula is C12H18N2O5S. The van der Waals surface area contributed by atoms with Crippen LogP contribution in [0.5, 0.6) is 0 Å². The summed E-state index contributed by atoms with van der Waals surface area (Å²) in [7, 11) is -3.93. The van der Waals surface area contributed by atoms with Gasteiger partial charge in [-0.15, -0.1) is 0 Å². The lowest BCUT2D eigenvalue weighted by atomic mass is 10.1. The monoisotopic (exact) mass is 302 g/mol. The van der Waals surface area contributed by atoms with Crippen LogP contribution in [-0.4, -0.2) is 19.9 Å². The van der Waals surface area contributed by atoms with E-state index in [0.29, 0.717) is 11.1 Å². The standard InChI is InChI=1S/C12H18N2O5S/c1-8(2)7-19-13-20(17,18)11-5-9(3)10(4)12(6-11)14(15)16/h5-6,8,13H,7H2,1-4H3. The Kier molecular flexibility index (Phi) is 5.21. The van der Waals surface area contributed by atoms with Gasteiger partial charge in [0.05, 0.1) is 16.4 Å². The van der Waals surface area contributed by atoms with Crippen molar-refractivity contribution < 1.29 is 18.2 Å². The number of nitrogens with zero attached hydrogens (tertiary/aromatic N) is 1. The molecule has 1 rings (SSSR count). The van der Waals surface area contributed by atoms with Crippen molar-refractivity contribution in [3.05, 3.63) is 33.4 Å². The van der Waals surface area contributed by atoms with E-state index in [9.17, 15) is 18.5 Å². The molecule has 0 aliphatic rings. The minimum absolute atomic E-state index is 0.159. The molecule has 0 aromatic heterocycles. The number of nitro groups is 1. The predicted octanol–water partition coefficient (Wildman–Crippen LogP) is 2.08. The zero-order chi connectivity index (χ0) is 15.5. The summed E-state index contributed by atoms with van der Waals surface area (Å²) < 4.78 is 24.0. The highest BCUT2D eigenvalue weighted by molar-refractivity contribution is 7.89. The summed E-state index contributed by atoms with van der Waals surface area (Å²) in [6.45, 7) is 7.15. The number of sulfonamides is 1. The van der Waals surface area contributed by atoms with Gasteiger partial charge in [-0.3, -0.25) is 15.0 Å². The molecule has 1 aromatic carbocycles. The maximum Gasteiger partial charge on any atom is 0.273 e. The molecule has 0 amide bonds. The van der Waals surface area contributed by atoms with Crippen LogP contribution in [0.3, 0.4) is 0 Å². The third-order valence-electron chi connectivity index (χ3n) is 2.71. The molecule has 0 spiro atoms. The molecular weight excluding hydrogens is 284 g/mol. The molecule has 1 aromatic rings. The average Bonchev–Trinajstić information content (AvgIpc) is 2.31. The van der Waals surface area contributed by atoms with Gasteiger partial charge in [0, 0.05) is 11.6 Å². The van der Waals surface area contributed by atoms with E-state index in [1.807, 2.05) is 18.7 Å². The number of nitrogens with one attached hydrogen (secondary N) is 1. The molecule has 0 fully saturated rings. The summed E-state index contributed by atoms with van der Waals surface area (Å²) >= 11 is 0. The van der Waals surface area contributed by atoms with E-state index in [1.54, 1.807) is 13.8 Å². The Morgan fingerprint density at radius 2 is 1.95 bits per heavy atom. The summed E-state index contributed by atoms with van der Waals surface area (Å²) in [5, 5.41) is 10.9. The fraction of sp³-hybridized carbons (Fsp3) is 0.500. The Hall–Kier alpha value is -1.51. The molecule has 0 bridgehead atoms. The lowest BCUT2D eigenvalue weighted by Gasteiger charge is -2.10. The fourth-order valence-corrected chi connectivity index (χ4v) is 2.40. The summed E-state index contributed by atoms with van der Waals surface area (Å²) in [5.74, 6) is 0.159. The largest absolute Gasteiger partial charge is 0.287 e. The van der Waals surface area contributed by atoms with Crippen LogP contribution >= 0.6 is 0 Å². The van der Waals surface area contributed by atoms with Crippen LogP contribution in [-0.2, 0) is 14.9 Å². The van der Waals surface area contributed by atoms with Crippen molar-refractivity contribution in [1.29, 1.82) is 0 Å². The normalized spacial score (nSPS) is 11.8. The molecule has 0 aliphatic heterocycles. The van der Waals surface area contributed by atoms with Crippen molar-refractivity contribution in [2.75, 3.05) is 6.61 Å². The second-order valence-corrected chi connectivity index (χ2v) is 6.58. The predicted molar refractivity (Wildman–Crippen MR) is 73.7 cm³/mol. The average molecular weight is 302 g/mol. The van der Waals surface area contributed by atoms with Crippen LogP contribution in [0.1, 0.15) is 25.0 Å². The van der Waals surface area contributed by atoms with Crippen molar-refractivity contribution in [1.82, 2.24) is 4.89 Å². The molecule has 0 unspecified atom stereocenters.